The van der Waals surface area contributed by atoms with Gasteiger partial charge in [-0.2, -0.15) is 0 Å². The molecule has 0 atom stereocenters. The number of hydrogen-bond acceptors (Lipinski definition) is 4. The second-order valence-corrected chi connectivity index (χ2v) is 6.56. The molecule has 0 saturated carbocycles. The third-order valence-electron chi connectivity index (χ3n) is 4.76. The van der Waals surface area contributed by atoms with Gasteiger partial charge in [-0.05, 0) is 11.6 Å². The summed E-state index contributed by atoms with van der Waals surface area (Å²) in [4.78, 5) is 16.8. The molecule has 0 spiro atoms. The summed E-state index contributed by atoms with van der Waals surface area (Å²) in [7, 11) is 1.67. The monoisotopic (exact) mass is 353 g/mol. The van der Waals surface area contributed by atoms with E-state index < -0.39 is 0 Å². The molecule has 0 aromatic heterocycles. The minimum Gasteiger partial charge on any atom is -0.496 e. The average molecular weight is 353 g/mol. The summed E-state index contributed by atoms with van der Waals surface area (Å²) >= 11 is 0. The van der Waals surface area contributed by atoms with Crippen LogP contribution in [0.2, 0.25) is 0 Å². The molecule has 0 radical (unpaired) electrons. The number of nitrogens with zero attached hydrogens (tertiary/aromatic N) is 2. The molecule has 26 heavy (non-hydrogen) atoms. The van der Waals surface area contributed by atoms with Crippen molar-refractivity contribution in [3.05, 3.63) is 65.7 Å². The first kappa shape index (κ1) is 18.4. The Kier molecular flexibility index (Phi) is 6.63. The van der Waals surface area contributed by atoms with Crippen LogP contribution in [0.5, 0.6) is 5.75 Å². The Balaban J connectivity index is 1.39. The Hall–Kier alpha value is -2.37. The second kappa shape index (κ2) is 9.36. The summed E-state index contributed by atoms with van der Waals surface area (Å²) in [6.07, 6.45) is 0. The number of ether oxygens (including phenoxy) is 1. The van der Waals surface area contributed by atoms with Gasteiger partial charge in [0, 0.05) is 44.8 Å². The van der Waals surface area contributed by atoms with Crippen LogP contribution in [0.1, 0.15) is 11.1 Å². The molecular formula is C21H27N3O2. The number of benzene rings is 2. The summed E-state index contributed by atoms with van der Waals surface area (Å²) in [5, 5.41) is 3.24. The van der Waals surface area contributed by atoms with Crippen LogP contribution in [-0.2, 0) is 17.9 Å². The van der Waals surface area contributed by atoms with E-state index in [0.717, 1.165) is 44.0 Å². The zero-order valence-electron chi connectivity index (χ0n) is 15.4. The van der Waals surface area contributed by atoms with Gasteiger partial charge in [-0.1, -0.05) is 48.5 Å². The molecule has 1 amide bonds. The number of nitrogens with one attached hydrogen (secondary N) is 1. The molecule has 3 rings (SSSR count). The summed E-state index contributed by atoms with van der Waals surface area (Å²) in [5.41, 5.74) is 2.39. The number of hydrogen-bond donors (Lipinski definition) is 1. The number of carbonyl (C=O) groups is 1. The van der Waals surface area contributed by atoms with Crippen molar-refractivity contribution >= 4 is 5.91 Å². The first-order valence-corrected chi connectivity index (χ1v) is 9.13. The molecule has 1 fully saturated rings. The summed E-state index contributed by atoms with van der Waals surface area (Å²) in [6, 6.07) is 18.4. The zero-order chi connectivity index (χ0) is 18.2. The molecule has 1 heterocycles. The molecule has 0 bridgehead atoms. The molecule has 1 saturated heterocycles. The Bertz CT molecular complexity index is 697. The first-order chi connectivity index (χ1) is 12.8. The average Bonchev–Trinajstić information content (AvgIpc) is 2.69. The minimum atomic E-state index is 0.166. The molecule has 2 aromatic rings. The van der Waals surface area contributed by atoms with Gasteiger partial charge >= 0.3 is 0 Å². The van der Waals surface area contributed by atoms with Gasteiger partial charge in [-0.3, -0.25) is 9.69 Å². The van der Waals surface area contributed by atoms with Crippen LogP contribution in [0.4, 0.5) is 0 Å². The predicted molar refractivity (Wildman–Crippen MR) is 103 cm³/mol. The normalized spacial score (nSPS) is 15.0. The van der Waals surface area contributed by atoms with Gasteiger partial charge in [-0.25, -0.2) is 0 Å². The largest absolute Gasteiger partial charge is 0.496 e. The van der Waals surface area contributed by atoms with Crippen molar-refractivity contribution in [2.45, 2.75) is 13.1 Å². The Morgan fingerprint density at radius 1 is 1.00 bits per heavy atom. The van der Waals surface area contributed by atoms with Gasteiger partial charge in [0.1, 0.15) is 5.75 Å². The van der Waals surface area contributed by atoms with Crippen molar-refractivity contribution in [2.75, 3.05) is 39.8 Å². The van der Waals surface area contributed by atoms with E-state index in [1.807, 2.05) is 35.2 Å². The molecule has 138 valence electrons. The van der Waals surface area contributed by atoms with Crippen molar-refractivity contribution in [3.63, 3.8) is 0 Å². The number of rotatable bonds is 7. The van der Waals surface area contributed by atoms with Crippen LogP contribution in [0, 0.1) is 0 Å². The third kappa shape index (κ3) is 5.07. The zero-order valence-corrected chi connectivity index (χ0v) is 15.4. The fourth-order valence-corrected chi connectivity index (χ4v) is 3.26. The number of carbonyl (C=O) groups excluding carboxylic acids is 1. The van der Waals surface area contributed by atoms with Gasteiger partial charge in [0.25, 0.3) is 0 Å². The molecule has 1 aliphatic rings. The molecule has 5 nitrogen and oxygen atoms in total. The van der Waals surface area contributed by atoms with E-state index in [2.05, 4.69) is 34.5 Å². The number of piperazine rings is 1. The lowest BCUT2D eigenvalue weighted by Crippen LogP contribution is -2.50. The van der Waals surface area contributed by atoms with Crippen molar-refractivity contribution < 1.29 is 9.53 Å². The minimum absolute atomic E-state index is 0.166. The SMILES string of the molecule is COc1ccccc1CNCC(=O)N1CCN(Cc2ccccc2)CC1. The highest BCUT2D eigenvalue weighted by Gasteiger charge is 2.20. The quantitative estimate of drug-likeness (QED) is 0.828. The Morgan fingerprint density at radius 3 is 2.42 bits per heavy atom. The van der Waals surface area contributed by atoms with Gasteiger partial charge in [0.05, 0.1) is 13.7 Å². The van der Waals surface area contributed by atoms with Crippen LogP contribution < -0.4 is 10.1 Å². The highest BCUT2D eigenvalue weighted by Crippen LogP contribution is 2.16. The van der Waals surface area contributed by atoms with Crippen LogP contribution in [0.15, 0.2) is 54.6 Å². The van der Waals surface area contributed by atoms with Crippen LogP contribution in [-0.4, -0.2) is 55.5 Å². The first-order valence-electron chi connectivity index (χ1n) is 9.13. The Morgan fingerprint density at radius 2 is 1.69 bits per heavy atom. The van der Waals surface area contributed by atoms with E-state index in [-0.39, 0.29) is 5.91 Å². The molecular weight excluding hydrogens is 326 g/mol. The number of para-hydroxylation sites is 1. The number of amides is 1. The van der Waals surface area contributed by atoms with Crippen LogP contribution in [0.3, 0.4) is 0 Å². The van der Waals surface area contributed by atoms with Crippen molar-refractivity contribution in [1.29, 1.82) is 0 Å². The summed E-state index contributed by atoms with van der Waals surface area (Å²) in [5.74, 6) is 1.02. The van der Waals surface area contributed by atoms with Gasteiger partial charge in [-0.15, -0.1) is 0 Å². The standard InChI is InChI=1S/C21H27N3O2/c1-26-20-10-6-5-9-19(20)15-22-16-21(25)24-13-11-23(12-14-24)17-18-7-3-2-4-8-18/h2-10,22H,11-17H2,1H3. The van der Waals surface area contributed by atoms with Crippen molar-refractivity contribution in [2.24, 2.45) is 0 Å². The van der Waals surface area contributed by atoms with Crippen molar-refractivity contribution in [1.82, 2.24) is 15.1 Å². The molecule has 1 aliphatic heterocycles. The maximum absolute atomic E-state index is 12.4. The topological polar surface area (TPSA) is 44.8 Å². The lowest BCUT2D eigenvalue weighted by molar-refractivity contribution is -0.132. The molecule has 0 unspecified atom stereocenters. The van der Waals surface area contributed by atoms with Crippen molar-refractivity contribution in [3.8, 4) is 5.75 Å². The predicted octanol–water partition coefficient (Wildman–Crippen LogP) is 2.13. The van der Waals surface area contributed by atoms with Crippen LogP contribution in [0.25, 0.3) is 0 Å². The fraction of sp³-hybridized carbons (Fsp3) is 0.381. The highest BCUT2D eigenvalue weighted by molar-refractivity contribution is 5.78. The maximum atomic E-state index is 12.4. The summed E-state index contributed by atoms with van der Waals surface area (Å²) in [6.45, 7) is 5.37. The molecule has 2 aromatic carbocycles. The van der Waals surface area contributed by atoms with Gasteiger partial charge < -0.3 is 15.0 Å². The molecule has 5 heteroatoms. The van der Waals surface area contributed by atoms with Gasteiger partial charge in [0.2, 0.25) is 5.91 Å². The fourth-order valence-electron chi connectivity index (χ4n) is 3.26. The van der Waals surface area contributed by atoms with Crippen LogP contribution >= 0.6 is 0 Å². The van der Waals surface area contributed by atoms with E-state index in [1.165, 1.54) is 5.56 Å². The van der Waals surface area contributed by atoms with E-state index in [4.69, 9.17) is 4.74 Å². The van der Waals surface area contributed by atoms with E-state index in [9.17, 15) is 4.79 Å². The third-order valence-corrected chi connectivity index (χ3v) is 4.76. The summed E-state index contributed by atoms with van der Waals surface area (Å²) < 4.78 is 5.34. The molecule has 1 N–H and O–H groups in total. The highest BCUT2D eigenvalue weighted by atomic mass is 16.5. The van der Waals surface area contributed by atoms with Gasteiger partial charge in [0.15, 0.2) is 0 Å². The smallest absolute Gasteiger partial charge is 0.236 e. The molecule has 0 aliphatic carbocycles. The van der Waals surface area contributed by atoms with E-state index >= 15 is 0 Å². The van der Waals surface area contributed by atoms with E-state index in [1.54, 1.807) is 7.11 Å². The Labute approximate surface area is 155 Å². The second-order valence-electron chi connectivity index (χ2n) is 6.56. The maximum Gasteiger partial charge on any atom is 0.236 e. The lowest BCUT2D eigenvalue weighted by atomic mass is 10.2. The van der Waals surface area contributed by atoms with E-state index in [0.29, 0.717) is 13.1 Å². The number of methoxy groups -OCH3 is 1. The lowest BCUT2D eigenvalue weighted by Gasteiger charge is -2.34.